The van der Waals surface area contributed by atoms with Gasteiger partial charge >= 0.3 is 41.7 Å². The highest BCUT2D eigenvalue weighted by molar-refractivity contribution is 5.53. The normalized spacial score (nSPS) is 22.8. The lowest BCUT2D eigenvalue weighted by Crippen LogP contribution is -2.68. The molecule has 0 atom stereocenters. The minimum atomic E-state index is -8.22. The number of alkyl halides is 15. The monoisotopic (exact) mass is 474 g/mol. The first-order valence-electron chi connectivity index (χ1n) is 6.15. The van der Waals surface area contributed by atoms with Gasteiger partial charge in [-0.15, -0.1) is 0 Å². The smallest absolute Gasteiger partial charge is 0.216 e. The third kappa shape index (κ3) is 2.87. The predicted octanol–water partition coefficient (Wildman–Crippen LogP) is 6.75. The average molecular weight is 474 g/mol. The molecule has 0 bridgehead atoms. The van der Waals surface area contributed by atoms with Crippen LogP contribution in [0.5, 0.6) is 0 Å². The lowest BCUT2D eigenvalue weighted by Gasteiger charge is -2.43. The van der Waals surface area contributed by atoms with Crippen LogP contribution in [-0.2, 0) is 0 Å². The summed E-state index contributed by atoms with van der Waals surface area (Å²) in [6.45, 7) is 0. The molecule has 0 unspecified atom stereocenters. The lowest BCUT2D eigenvalue weighted by atomic mass is 9.76. The third-order valence-electron chi connectivity index (χ3n) is 3.56. The van der Waals surface area contributed by atoms with E-state index in [-0.39, 0.29) is 0 Å². The van der Waals surface area contributed by atoms with E-state index >= 15 is 0 Å². The van der Waals surface area contributed by atoms with Crippen molar-refractivity contribution in [3.05, 3.63) is 23.1 Å². The number of allylic oxidation sites excluding steroid dienone is 3. The largest absolute Gasteiger partial charge is 0.438 e. The van der Waals surface area contributed by atoms with Gasteiger partial charge in [0.2, 0.25) is 0 Å². The molecule has 0 N–H and O–H groups in total. The number of rotatable bonds is 2. The van der Waals surface area contributed by atoms with Gasteiger partial charge in [0.05, 0.1) is 5.57 Å². The van der Waals surface area contributed by atoms with Gasteiger partial charge < -0.3 is 0 Å². The maximum atomic E-state index is 13.8. The van der Waals surface area contributed by atoms with Crippen molar-refractivity contribution in [2.24, 2.45) is 0 Å². The van der Waals surface area contributed by atoms with E-state index in [0.29, 0.717) is 0 Å². The molecule has 0 aromatic carbocycles. The van der Waals surface area contributed by atoms with Gasteiger partial charge in [-0.3, -0.25) is 0 Å². The van der Waals surface area contributed by atoms with Crippen molar-refractivity contribution in [2.75, 3.05) is 0 Å². The van der Waals surface area contributed by atoms with Gasteiger partial charge in [0, 0.05) is 0 Å². The molecule has 1 aliphatic carbocycles. The van der Waals surface area contributed by atoms with E-state index in [1.807, 2.05) is 0 Å². The molecule has 0 fully saturated rings. The van der Waals surface area contributed by atoms with E-state index in [0.717, 1.165) is 0 Å². The Morgan fingerprint density at radius 3 is 1.24 bits per heavy atom. The van der Waals surface area contributed by atoms with Crippen molar-refractivity contribution in [3.8, 4) is 0 Å². The fourth-order valence-corrected chi connectivity index (χ4v) is 2.11. The molecule has 0 spiro atoms. The zero-order valence-electron chi connectivity index (χ0n) is 12.3. The minimum Gasteiger partial charge on any atom is -0.216 e. The molecular weight excluding hydrogens is 474 g/mol. The molecule has 0 saturated heterocycles. The fraction of sp³-hybridized carbons (Fsp3) is 0.636. The molecule has 0 nitrogen and oxygen atoms in total. The van der Waals surface area contributed by atoms with Crippen LogP contribution in [0.15, 0.2) is 23.1 Å². The first-order chi connectivity index (χ1) is 12.3. The molecule has 0 aromatic heterocycles. The number of hydrogen-bond donors (Lipinski definition) is 0. The van der Waals surface area contributed by atoms with Crippen molar-refractivity contribution < 1.29 is 79.0 Å². The Kier molecular flexibility index (Phi) is 5.33. The van der Waals surface area contributed by atoms with Crippen LogP contribution in [0.2, 0.25) is 0 Å². The summed E-state index contributed by atoms with van der Waals surface area (Å²) >= 11 is 0. The summed E-state index contributed by atoms with van der Waals surface area (Å²) in [7, 11) is 0. The average Bonchev–Trinajstić information content (AvgIpc) is 2.45. The van der Waals surface area contributed by atoms with Crippen molar-refractivity contribution in [2.45, 2.75) is 41.7 Å². The SMILES string of the molecule is FC(F)=C1C(C(F)(F)C(F)(C(F)(F)F)C(F)(F)F)=C(F)C(F)(F)C(F)(F)C1(F)F. The Balaban J connectivity index is 4.25. The van der Waals surface area contributed by atoms with E-state index in [4.69, 9.17) is 0 Å². The van der Waals surface area contributed by atoms with Crippen LogP contribution in [-0.4, -0.2) is 41.7 Å². The Bertz CT molecular complexity index is 725. The van der Waals surface area contributed by atoms with E-state index in [9.17, 15) is 79.0 Å². The van der Waals surface area contributed by atoms with Crippen LogP contribution in [0.1, 0.15) is 0 Å². The maximum absolute atomic E-state index is 13.8. The Labute approximate surface area is 145 Å². The van der Waals surface area contributed by atoms with Gasteiger partial charge in [-0.1, -0.05) is 0 Å². The van der Waals surface area contributed by atoms with Gasteiger partial charge in [-0.25, -0.2) is 8.78 Å². The van der Waals surface area contributed by atoms with Gasteiger partial charge in [-0.05, 0) is 0 Å². The molecule has 0 heterocycles. The second kappa shape index (κ2) is 6.12. The summed E-state index contributed by atoms with van der Waals surface area (Å²) < 4.78 is 233. The lowest BCUT2D eigenvalue weighted by molar-refractivity contribution is -0.390. The molecule has 0 saturated carbocycles. The summed E-state index contributed by atoms with van der Waals surface area (Å²) in [6, 6.07) is 0. The zero-order chi connectivity index (χ0) is 23.8. The van der Waals surface area contributed by atoms with Crippen LogP contribution < -0.4 is 0 Å². The summed E-state index contributed by atoms with van der Waals surface area (Å²) in [4.78, 5) is 0. The summed E-state index contributed by atoms with van der Waals surface area (Å²) in [5.74, 6) is -35.1. The van der Waals surface area contributed by atoms with Crippen molar-refractivity contribution >= 4 is 0 Å². The van der Waals surface area contributed by atoms with Crippen LogP contribution in [0.3, 0.4) is 0 Å². The topological polar surface area (TPSA) is 0 Å². The minimum absolute atomic E-state index is 4.66. The maximum Gasteiger partial charge on any atom is 0.438 e. The molecule has 29 heavy (non-hydrogen) atoms. The van der Waals surface area contributed by atoms with Gasteiger partial charge in [0.15, 0.2) is 5.83 Å². The second-order valence-corrected chi connectivity index (χ2v) is 5.28. The van der Waals surface area contributed by atoms with Crippen LogP contribution in [0.25, 0.3) is 0 Å². The zero-order valence-corrected chi connectivity index (χ0v) is 12.3. The van der Waals surface area contributed by atoms with Crippen LogP contribution in [0.4, 0.5) is 79.0 Å². The van der Waals surface area contributed by atoms with Crippen LogP contribution >= 0.6 is 0 Å². The van der Waals surface area contributed by atoms with Crippen LogP contribution in [0, 0.1) is 0 Å². The Morgan fingerprint density at radius 2 is 0.966 bits per heavy atom. The molecule has 1 rings (SSSR count). The van der Waals surface area contributed by atoms with Crippen molar-refractivity contribution in [1.29, 1.82) is 0 Å². The van der Waals surface area contributed by atoms with E-state index in [2.05, 4.69) is 0 Å². The van der Waals surface area contributed by atoms with Gasteiger partial charge in [-0.2, -0.15) is 70.2 Å². The molecule has 170 valence electrons. The summed E-state index contributed by atoms with van der Waals surface area (Å²) in [6.07, 6.45) is -20.6. The second-order valence-electron chi connectivity index (χ2n) is 5.28. The van der Waals surface area contributed by atoms with E-state index < -0.39 is 64.8 Å². The first kappa shape index (κ1) is 25.3. The fourth-order valence-electron chi connectivity index (χ4n) is 2.11. The standard InChI is InChI=1S/C11F18/c12-3-1(5(15,16)8(21,10(24,25)26)11(27,28)29)2(4(13)14)6(17,18)9(22,23)7(3,19)20. The third-order valence-corrected chi connectivity index (χ3v) is 3.56. The Hall–Kier alpha value is -1.78. The van der Waals surface area contributed by atoms with E-state index in [1.165, 1.54) is 0 Å². The van der Waals surface area contributed by atoms with Gasteiger partial charge in [0.1, 0.15) is 5.57 Å². The molecule has 0 aliphatic heterocycles. The molecule has 0 aromatic rings. The first-order valence-corrected chi connectivity index (χ1v) is 6.15. The summed E-state index contributed by atoms with van der Waals surface area (Å²) in [5, 5.41) is 0. The number of halogens is 18. The van der Waals surface area contributed by atoms with Gasteiger partial charge in [0.25, 0.3) is 6.08 Å². The molecule has 0 amide bonds. The number of hydrogen-bond acceptors (Lipinski definition) is 0. The summed E-state index contributed by atoms with van der Waals surface area (Å²) in [5.41, 5.74) is -17.8. The van der Waals surface area contributed by atoms with Crippen molar-refractivity contribution in [1.82, 2.24) is 0 Å². The Morgan fingerprint density at radius 1 is 0.621 bits per heavy atom. The molecule has 1 aliphatic rings. The highest BCUT2D eigenvalue weighted by Crippen LogP contribution is 2.66. The van der Waals surface area contributed by atoms with E-state index in [1.54, 1.807) is 0 Å². The highest BCUT2D eigenvalue weighted by Gasteiger charge is 2.89. The molecular formula is C11F18. The molecule has 0 radical (unpaired) electrons. The quantitative estimate of drug-likeness (QED) is 0.389. The highest BCUT2D eigenvalue weighted by atomic mass is 19.4. The predicted molar refractivity (Wildman–Crippen MR) is 53.1 cm³/mol. The van der Waals surface area contributed by atoms with Crippen molar-refractivity contribution in [3.63, 3.8) is 0 Å². The molecule has 18 heteroatoms.